The van der Waals surface area contributed by atoms with Crippen LogP contribution in [0.5, 0.6) is 0 Å². The fourth-order valence-corrected chi connectivity index (χ4v) is 6.73. The van der Waals surface area contributed by atoms with Crippen LogP contribution in [0.4, 0.5) is 5.69 Å². The third-order valence-electron chi connectivity index (χ3n) is 8.43. The minimum absolute atomic E-state index is 0.0887. The van der Waals surface area contributed by atoms with Crippen LogP contribution in [0, 0.1) is 17.3 Å². The van der Waals surface area contributed by atoms with E-state index in [1.165, 1.54) is 24.9 Å². The molecule has 29 heavy (non-hydrogen) atoms. The Morgan fingerprint density at radius 1 is 1.14 bits per heavy atom. The fourth-order valence-electron chi connectivity index (χ4n) is 6.73. The first kappa shape index (κ1) is 19.3. The first-order valence-corrected chi connectivity index (χ1v) is 11.7. The van der Waals surface area contributed by atoms with Crippen LogP contribution < -0.4 is 9.80 Å². The van der Waals surface area contributed by atoms with Crippen LogP contribution in [0.3, 0.4) is 0 Å². The SMILES string of the molecule is CC1=C2C[C@H]3[C@@H](C[C@@]2(C)CCC1)OC(=O)[C@@H]3C[NH+]1CC[NH+](c2ccccc2)CC1. The third kappa shape index (κ3) is 3.55. The van der Waals surface area contributed by atoms with Gasteiger partial charge in [-0.2, -0.15) is 0 Å². The van der Waals surface area contributed by atoms with Gasteiger partial charge in [-0.3, -0.25) is 9.69 Å². The Kier molecular flexibility index (Phi) is 5.03. The summed E-state index contributed by atoms with van der Waals surface area (Å²) in [5.74, 6) is 0.594. The van der Waals surface area contributed by atoms with Crippen molar-refractivity contribution in [2.24, 2.45) is 17.3 Å². The Labute approximate surface area is 174 Å². The molecule has 2 aliphatic heterocycles. The van der Waals surface area contributed by atoms with Gasteiger partial charge in [0.2, 0.25) is 0 Å². The van der Waals surface area contributed by atoms with Gasteiger partial charge in [0.15, 0.2) is 0 Å². The Balaban J connectivity index is 1.25. The van der Waals surface area contributed by atoms with E-state index in [4.69, 9.17) is 4.74 Å². The third-order valence-corrected chi connectivity index (χ3v) is 8.43. The molecular weight excluding hydrogens is 360 g/mol. The van der Waals surface area contributed by atoms with Crippen LogP contribution in [-0.4, -0.2) is 44.8 Å². The second-order valence-electron chi connectivity index (χ2n) is 10.3. The molecule has 1 aromatic rings. The molecule has 2 aliphatic carbocycles. The number of hydrogen-bond acceptors (Lipinski definition) is 2. The topological polar surface area (TPSA) is 35.2 Å². The molecule has 3 fully saturated rings. The summed E-state index contributed by atoms with van der Waals surface area (Å²) in [6, 6.07) is 10.8. The van der Waals surface area contributed by atoms with Gasteiger partial charge in [0.05, 0.1) is 6.54 Å². The molecule has 5 rings (SSSR count). The second-order valence-corrected chi connectivity index (χ2v) is 10.3. The number of piperazine rings is 1. The number of quaternary nitrogens is 2. The van der Waals surface area contributed by atoms with E-state index in [9.17, 15) is 4.79 Å². The molecule has 0 radical (unpaired) electrons. The molecule has 2 N–H and O–H groups in total. The number of rotatable bonds is 3. The van der Waals surface area contributed by atoms with Crippen molar-refractivity contribution in [2.75, 3.05) is 32.7 Å². The van der Waals surface area contributed by atoms with Crippen molar-refractivity contribution in [2.45, 2.75) is 52.1 Å². The van der Waals surface area contributed by atoms with Crippen molar-refractivity contribution in [3.05, 3.63) is 41.5 Å². The number of hydrogen-bond donors (Lipinski definition) is 2. The van der Waals surface area contributed by atoms with E-state index < -0.39 is 0 Å². The summed E-state index contributed by atoms with van der Waals surface area (Å²) in [6.45, 7) is 10.3. The summed E-state index contributed by atoms with van der Waals surface area (Å²) < 4.78 is 5.98. The maximum Gasteiger partial charge on any atom is 0.315 e. The van der Waals surface area contributed by atoms with Crippen LogP contribution in [0.2, 0.25) is 0 Å². The molecule has 4 atom stereocenters. The lowest BCUT2D eigenvalue weighted by molar-refractivity contribution is -0.987. The van der Waals surface area contributed by atoms with Gasteiger partial charge in [0.25, 0.3) is 0 Å². The summed E-state index contributed by atoms with van der Waals surface area (Å²) in [5, 5.41) is 0. The zero-order chi connectivity index (χ0) is 20.0. The van der Waals surface area contributed by atoms with Crippen LogP contribution in [0.15, 0.2) is 41.5 Å². The Morgan fingerprint density at radius 3 is 2.66 bits per heavy atom. The van der Waals surface area contributed by atoms with Gasteiger partial charge < -0.3 is 9.64 Å². The average molecular weight is 397 g/mol. The van der Waals surface area contributed by atoms with Gasteiger partial charge in [-0.15, -0.1) is 0 Å². The number of fused-ring (bicyclic) bond motifs is 2. The predicted octanol–water partition coefficient (Wildman–Crippen LogP) is 1.56. The smallest absolute Gasteiger partial charge is 0.315 e. The molecule has 156 valence electrons. The molecule has 0 aromatic heterocycles. The summed E-state index contributed by atoms with van der Waals surface area (Å²) in [7, 11) is 0. The van der Waals surface area contributed by atoms with E-state index in [-0.39, 0.29) is 23.4 Å². The summed E-state index contributed by atoms with van der Waals surface area (Å²) >= 11 is 0. The van der Waals surface area contributed by atoms with Gasteiger partial charge in [0, 0.05) is 5.92 Å². The largest absolute Gasteiger partial charge is 0.462 e. The van der Waals surface area contributed by atoms with Crippen molar-refractivity contribution >= 4 is 11.7 Å². The van der Waals surface area contributed by atoms with Gasteiger partial charge in [-0.1, -0.05) is 36.3 Å². The summed E-state index contributed by atoms with van der Waals surface area (Å²) in [6.07, 6.45) is 6.10. The van der Waals surface area contributed by atoms with E-state index in [0.29, 0.717) is 5.92 Å². The molecule has 0 amide bonds. The van der Waals surface area contributed by atoms with Crippen LogP contribution in [0.1, 0.15) is 46.0 Å². The molecule has 4 aliphatic rings. The first-order chi connectivity index (χ1) is 14.0. The maximum atomic E-state index is 12.8. The molecule has 0 bridgehead atoms. The average Bonchev–Trinajstić information content (AvgIpc) is 3.01. The van der Waals surface area contributed by atoms with Crippen molar-refractivity contribution < 1.29 is 19.3 Å². The van der Waals surface area contributed by atoms with E-state index >= 15 is 0 Å². The molecule has 1 aromatic carbocycles. The zero-order valence-electron chi connectivity index (χ0n) is 18.0. The molecule has 0 unspecified atom stereocenters. The number of esters is 1. The Hall–Kier alpha value is -1.65. The van der Waals surface area contributed by atoms with Crippen LogP contribution in [0.25, 0.3) is 0 Å². The lowest BCUT2D eigenvalue weighted by Gasteiger charge is -2.45. The van der Waals surface area contributed by atoms with E-state index in [1.54, 1.807) is 20.9 Å². The second kappa shape index (κ2) is 7.55. The fraction of sp³-hybridized carbons (Fsp3) is 0.640. The van der Waals surface area contributed by atoms with E-state index in [2.05, 4.69) is 44.2 Å². The molecule has 0 spiro atoms. The van der Waals surface area contributed by atoms with E-state index in [1.807, 2.05) is 0 Å². The molecular formula is C25H36N2O2+2. The van der Waals surface area contributed by atoms with Crippen molar-refractivity contribution in [1.82, 2.24) is 0 Å². The van der Waals surface area contributed by atoms with Gasteiger partial charge >= 0.3 is 5.97 Å². The number of benzene rings is 1. The van der Waals surface area contributed by atoms with Crippen LogP contribution in [-0.2, 0) is 9.53 Å². The number of nitrogens with one attached hydrogen (secondary N) is 2. The molecule has 4 nitrogen and oxygen atoms in total. The highest BCUT2D eigenvalue weighted by Crippen LogP contribution is 2.54. The first-order valence-electron chi connectivity index (χ1n) is 11.7. The number of ether oxygens (including phenoxy) is 1. The van der Waals surface area contributed by atoms with Crippen molar-refractivity contribution in [3.8, 4) is 0 Å². The normalized spacial score (nSPS) is 39.7. The van der Waals surface area contributed by atoms with Crippen molar-refractivity contribution in [3.63, 3.8) is 0 Å². The minimum atomic E-state index is 0.0887. The number of carbonyl (C=O) groups excluding carboxylic acids is 1. The summed E-state index contributed by atoms with van der Waals surface area (Å²) in [5.41, 5.74) is 4.94. The Morgan fingerprint density at radius 2 is 1.90 bits per heavy atom. The lowest BCUT2D eigenvalue weighted by atomic mass is 9.59. The lowest BCUT2D eigenvalue weighted by Crippen LogP contribution is -3.26. The molecule has 2 heterocycles. The van der Waals surface area contributed by atoms with E-state index in [0.717, 1.165) is 45.6 Å². The highest BCUT2D eigenvalue weighted by Gasteiger charge is 2.54. The van der Waals surface area contributed by atoms with Gasteiger partial charge in [-0.05, 0) is 56.6 Å². The highest BCUT2D eigenvalue weighted by atomic mass is 16.6. The monoisotopic (exact) mass is 396 g/mol. The molecule has 1 saturated carbocycles. The molecule has 2 saturated heterocycles. The van der Waals surface area contributed by atoms with Crippen LogP contribution >= 0.6 is 0 Å². The highest BCUT2D eigenvalue weighted by molar-refractivity contribution is 5.75. The molecule has 4 heteroatoms. The minimum Gasteiger partial charge on any atom is -0.462 e. The quantitative estimate of drug-likeness (QED) is 0.601. The predicted molar refractivity (Wildman–Crippen MR) is 113 cm³/mol. The van der Waals surface area contributed by atoms with Gasteiger partial charge in [-0.25, -0.2) is 0 Å². The van der Waals surface area contributed by atoms with Crippen molar-refractivity contribution in [1.29, 1.82) is 0 Å². The maximum absolute atomic E-state index is 12.8. The number of para-hydroxylation sites is 1. The number of allylic oxidation sites excluding steroid dienone is 2. The zero-order valence-corrected chi connectivity index (χ0v) is 18.0. The Bertz CT molecular complexity index is 796. The standard InChI is InChI=1S/C25H34N2O2/c1-18-7-6-10-25(2)16-23-20(15-22(18)25)21(24(28)29-23)17-26-11-13-27(14-12-26)19-8-4-3-5-9-19/h3-5,8-9,20-21,23H,6-7,10-17H2,1-2H3/p+2/t20-,21-,23-,25-/m1/s1. The van der Waals surface area contributed by atoms with Gasteiger partial charge in [0.1, 0.15) is 43.9 Å². The summed E-state index contributed by atoms with van der Waals surface area (Å²) in [4.78, 5) is 16.0. The number of carbonyl (C=O) groups is 1.